The number of carbonyl (C=O) groups is 1. The molecule has 8 nitrogen and oxygen atoms in total. The van der Waals surface area contributed by atoms with Gasteiger partial charge in [-0.05, 0) is 70.6 Å². The second kappa shape index (κ2) is 39.3. The first-order valence-corrected chi connectivity index (χ1v) is 23.9. The predicted octanol–water partition coefficient (Wildman–Crippen LogP) is 13.2. The Kier molecular flexibility index (Phi) is 38.2. The first-order valence-electron chi connectivity index (χ1n) is 22.4. The monoisotopic (exact) mass is 797 g/mol. The lowest BCUT2D eigenvalue weighted by Crippen LogP contribution is -2.37. The molecule has 322 valence electrons. The fourth-order valence-electron chi connectivity index (χ4n) is 5.91. The molecule has 1 N–H and O–H groups in total. The van der Waals surface area contributed by atoms with E-state index in [2.05, 4.69) is 62.5 Å². The molecule has 55 heavy (non-hydrogen) atoms. The molecular weight excluding hydrogens is 709 g/mol. The minimum Gasteiger partial charge on any atom is -0.457 e. The number of carbonyl (C=O) groups excluding carboxylic acids is 1. The normalized spacial score (nSPS) is 14.2. The highest BCUT2D eigenvalue weighted by molar-refractivity contribution is 7.47. The Hall–Kier alpha value is -1.54. The minimum absolute atomic E-state index is 0.0814. The number of hydrogen-bond acceptors (Lipinski definition) is 6. The molecule has 0 spiro atoms. The summed E-state index contributed by atoms with van der Waals surface area (Å²) in [5.74, 6) is -0.343. The number of ether oxygens (including phenoxy) is 2. The highest BCUT2D eigenvalue weighted by atomic mass is 31.2. The molecule has 2 unspecified atom stereocenters. The number of likely N-dealkylation sites (N-methyl/N-ethyl adjacent to an activating group) is 1. The zero-order valence-corrected chi connectivity index (χ0v) is 37.3. The van der Waals surface area contributed by atoms with Gasteiger partial charge in [0.15, 0.2) is 0 Å². The van der Waals surface area contributed by atoms with Gasteiger partial charge in [0.1, 0.15) is 19.3 Å². The molecule has 0 heterocycles. The molecule has 0 fully saturated rings. The summed E-state index contributed by atoms with van der Waals surface area (Å²) < 4.78 is 35.0. The summed E-state index contributed by atoms with van der Waals surface area (Å²) in [4.78, 5) is 22.8. The number of allylic oxidation sites excluding steroid dienone is 8. The van der Waals surface area contributed by atoms with E-state index in [0.717, 1.165) is 57.8 Å². The topological polar surface area (TPSA) is 91.3 Å². The maximum atomic E-state index is 12.7. The number of rotatable bonds is 41. The number of phosphoric ester groups is 1. The molecule has 0 saturated carbocycles. The molecule has 0 radical (unpaired) electrons. The number of esters is 1. The summed E-state index contributed by atoms with van der Waals surface area (Å²) >= 11 is 0. The van der Waals surface area contributed by atoms with Crippen molar-refractivity contribution in [3.05, 3.63) is 48.6 Å². The van der Waals surface area contributed by atoms with Gasteiger partial charge in [0, 0.05) is 13.0 Å². The molecule has 0 aromatic carbocycles. The van der Waals surface area contributed by atoms with Crippen LogP contribution in [-0.2, 0) is 27.9 Å². The summed E-state index contributed by atoms with van der Waals surface area (Å²) in [6, 6.07) is 0. The van der Waals surface area contributed by atoms with Crippen LogP contribution in [0.2, 0.25) is 0 Å². The van der Waals surface area contributed by atoms with Gasteiger partial charge < -0.3 is 18.9 Å². The summed E-state index contributed by atoms with van der Waals surface area (Å²) in [5.41, 5.74) is 0. The van der Waals surface area contributed by atoms with E-state index in [1.165, 1.54) is 103 Å². The van der Waals surface area contributed by atoms with Crippen LogP contribution >= 0.6 is 7.82 Å². The van der Waals surface area contributed by atoms with E-state index in [-0.39, 0.29) is 25.8 Å². The Labute approximate surface area is 339 Å². The van der Waals surface area contributed by atoms with Crippen LogP contribution < -0.4 is 0 Å². The molecule has 0 aliphatic rings. The molecule has 2 atom stereocenters. The van der Waals surface area contributed by atoms with Gasteiger partial charge >= 0.3 is 13.8 Å². The van der Waals surface area contributed by atoms with Gasteiger partial charge in [0.2, 0.25) is 0 Å². The third-order valence-electron chi connectivity index (χ3n) is 9.37. The van der Waals surface area contributed by atoms with Gasteiger partial charge in [-0.2, -0.15) is 0 Å². The Balaban J connectivity index is 4.21. The molecule has 9 heteroatoms. The van der Waals surface area contributed by atoms with Gasteiger partial charge in [-0.1, -0.05) is 152 Å². The third kappa shape index (κ3) is 43.4. The van der Waals surface area contributed by atoms with Crippen LogP contribution in [0.5, 0.6) is 0 Å². The van der Waals surface area contributed by atoms with Crippen LogP contribution in [-0.4, -0.2) is 75.6 Å². The molecule has 0 saturated heterocycles. The standard InChI is InChI=1S/C46H86NO7P/c1-6-8-10-12-14-16-18-20-21-22-23-24-25-26-28-30-32-34-36-38-41-51-43-45(44-53-55(49,50)52-42-40-47(3,4)5)54-46(48)39-37-35-33-31-29-27-19-17-15-13-11-9-7-2/h9,11,15,17,20-21,27,29,45H,6-8,10,12-14,16,18-19,22-26,28,30-44H2,1-5H3/p+1/b11-9-,17-15-,21-20-,29-27-. The molecular formula is C46H87NO7P+. The van der Waals surface area contributed by atoms with E-state index in [1.54, 1.807) is 0 Å². The number of phosphoric acid groups is 1. The fourth-order valence-corrected chi connectivity index (χ4v) is 6.66. The maximum Gasteiger partial charge on any atom is 0.472 e. The first kappa shape index (κ1) is 53.5. The summed E-state index contributed by atoms with van der Waals surface area (Å²) in [7, 11) is 1.64. The van der Waals surface area contributed by atoms with Crippen LogP contribution in [0, 0.1) is 0 Å². The van der Waals surface area contributed by atoms with Crippen LogP contribution in [0.3, 0.4) is 0 Å². The van der Waals surface area contributed by atoms with Crippen LogP contribution in [0.4, 0.5) is 0 Å². The number of hydrogen-bond donors (Lipinski definition) is 1. The van der Waals surface area contributed by atoms with Crippen molar-refractivity contribution in [2.45, 2.75) is 187 Å². The van der Waals surface area contributed by atoms with E-state index in [4.69, 9.17) is 18.5 Å². The minimum atomic E-state index is -4.28. The van der Waals surface area contributed by atoms with E-state index in [9.17, 15) is 14.3 Å². The average Bonchev–Trinajstić information content (AvgIpc) is 3.13. The van der Waals surface area contributed by atoms with Gasteiger partial charge in [0.25, 0.3) is 0 Å². The summed E-state index contributed by atoms with van der Waals surface area (Å²) in [5, 5.41) is 0. The van der Waals surface area contributed by atoms with Gasteiger partial charge in [0.05, 0.1) is 34.4 Å². The van der Waals surface area contributed by atoms with E-state index >= 15 is 0 Å². The van der Waals surface area contributed by atoms with Crippen LogP contribution in [0.25, 0.3) is 0 Å². The quantitative estimate of drug-likeness (QED) is 0.0217. The highest BCUT2D eigenvalue weighted by Crippen LogP contribution is 2.43. The van der Waals surface area contributed by atoms with Gasteiger partial charge in [-0.25, -0.2) is 4.57 Å². The Morgan fingerprint density at radius 3 is 1.60 bits per heavy atom. The van der Waals surface area contributed by atoms with E-state index in [1.807, 2.05) is 21.1 Å². The number of quaternary nitrogens is 1. The molecule has 0 bridgehead atoms. The van der Waals surface area contributed by atoms with Crippen molar-refractivity contribution in [3.63, 3.8) is 0 Å². The third-order valence-corrected chi connectivity index (χ3v) is 10.4. The molecule has 0 amide bonds. The van der Waals surface area contributed by atoms with E-state index in [0.29, 0.717) is 24.1 Å². The second-order valence-corrected chi connectivity index (χ2v) is 17.5. The highest BCUT2D eigenvalue weighted by Gasteiger charge is 2.26. The van der Waals surface area contributed by atoms with Crippen molar-refractivity contribution in [2.24, 2.45) is 0 Å². The lowest BCUT2D eigenvalue weighted by Gasteiger charge is -2.24. The van der Waals surface area contributed by atoms with Gasteiger partial charge in [-0.15, -0.1) is 0 Å². The lowest BCUT2D eigenvalue weighted by atomic mass is 10.1. The smallest absolute Gasteiger partial charge is 0.457 e. The van der Waals surface area contributed by atoms with Crippen molar-refractivity contribution in [1.82, 2.24) is 0 Å². The maximum absolute atomic E-state index is 12.7. The van der Waals surface area contributed by atoms with Crippen molar-refractivity contribution in [1.29, 1.82) is 0 Å². The molecule has 0 aromatic rings. The van der Waals surface area contributed by atoms with Crippen molar-refractivity contribution >= 4 is 13.8 Å². The fraction of sp³-hybridized carbons (Fsp3) is 0.804. The first-order chi connectivity index (χ1) is 26.6. The number of nitrogens with zero attached hydrogens (tertiary/aromatic N) is 1. The molecule has 0 aromatic heterocycles. The summed E-state index contributed by atoms with van der Waals surface area (Å²) in [6.45, 7) is 5.46. The lowest BCUT2D eigenvalue weighted by molar-refractivity contribution is -0.870. The van der Waals surface area contributed by atoms with Gasteiger partial charge in [-0.3, -0.25) is 13.8 Å². The van der Waals surface area contributed by atoms with Crippen molar-refractivity contribution < 1.29 is 37.3 Å². The number of unbranched alkanes of at least 4 members (excludes halogenated alkanes) is 19. The second-order valence-electron chi connectivity index (χ2n) is 16.0. The predicted molar refractivity (Wildman–Crippen MR) is 233 cm³/mol. The van der Waals surface area contributed by atoms with E-state index < -0.39 is 13.9 Å². The molecule has 0 rings (SSSR count). The van der Waals surface area contributed by atoms with Crippen molar-refractivity contribution in [3.8, 4) is 0 Å². The zero-order valence-electron chi connectivity index (χ0n) is 36.4. The summed E-state index contributed by atoms with van der Waals surface area (Å²) in [6.07, 6.45) is 47.2. The van der Waals surface area contributed by atoms with Crippen molar-refractivity contribution in [2.75, 3.05) is 54.1 Å². The largest absolute Gasteiger partial charge is 0.472 e. The SMILES string of the molecule is CC/C=C\C/C=C\C/C=C\CCCCCC(=O)OC(COCCCCCCCCCCCC/C=C\CCCCCCCC)COP(=O)(O)OCC[N+](C)(C)C. The Bertz CT molecular complexity index is 1020. The molecule has 0 aliphatic heterocycles. The van der Waals surface area contributed by atoms with Crippen LogP contribution in [0.1, 0.15) is 181 Å². The Morgan fingerprint density at radius 2 is 1.05 bits per heavy atom. The average molecular weight is 797 g/mol. The Morgan fingerprint density at radius 1 is 0.582 bits per heavy atom. The molecule has 0 aliphatic carbocycles. The zero-order chi connectivity index (χ0) is 40.6. The van der Waals surface area contributed by atoms with Crippen LogP contribution in [0.15, 0.2) is 48.6 Å².